The summed E-state index contributed by atoms with van der Waals surface area (Å²) in [5, 5.41) is 18.2. The molecule has 0 bridgehead atoms. The van der Waals surface area contributed by atoms with E-state index in [1.54, 1.807) is 10.8 Å². The Hall–Kier alpha value is -2.48. The van der Waals surface area contributed by atoms with Crippen LogP contribution in [0, 0.1) is 13.8 Å². The number of aryl methyl sites for hydroxylation is 2. The van der Waals surface area contributed by atoms with Gasteiger partial charge in [0, 0.05) is 12.7 Å². The van der Waals surface area contributed by atoms with Crippen molar-refractivity contribution in [2.45, 2.75) is 13.8 Å². The Kier molecular flexibility index (Phi) is 2.49. The maximum Gasteiger partial charge on any atom is 0.235 e. The van der Waals surface area contributed by atoms with Gasteiger partial charge in [0.05, 0.1) is 17.5 Å². The topological polar surface area (TPSA) is 74.0 Å². The highest BCUT2D eigenvalue weighted by molar-refractivity contribution is 7.19. The van der Waals surface area contributed by atoms with Crippen LogP contribution in [0.2, 0.25) is 0 Å². The van der Waals surface area contributed by atoms with Crippen LogP contribution in [0.15, 0.2) is 22.8 Å². The van der Waals surface area contributed by atoms with Gasteiger partial charge in [-0.2, -0.15) is 14.7 Å². The summed E-state index contributed by atoms with van der Waals surface area (Å²) < 4.78 is 8.95. The molecule has 0 fully saturated rings. The summed E-state index contributed by atoms with van der Waals surface area (Å²) >= 11 is 1.49. The van der Waals surface area contributed by atoms with E-state index in [1.807, 2.05) is 37.7 Å². The lowest BCUT2D eigenvalue weighted by Crippen LogP contribution is -1.93. The molecular formula is C13H12N6OS. The number of hydrogen-bond donors (Lipinski definition) is 0. The van der Waals surface area contributed by atoms with Crippen LogP contribution in [0.5, 0.6) is 0 Å². The van der Waals surface area contributed by atoms with Gasteiger partial charge in [-0.15, -0.1) is 10.2 Å². The molecule has 0 unspecified atom stereocenters. The first-order valence-electron chi connectivity index (χ1n) is 6.42. The molecule has 4 heterocycles. The summed E-state index contributed by atoms with van der Waals surface area (Å²) in [4.78, 5) is 0.735. The van der Waals surface area contributed by atoms with Gasteiger partial charge in [-0.3, -0.25) is 4.68 Å². The maximum atomic E-state index is 5.38. The third kappa shape index (κ3) is 1.72. The SMILES string of the molecule is Cc1nn(C)c(C)c1-c1nn2c(-c3ccco3)nnc2s1. The van der Waals surface area contributed by atoms with Crippen LogP contribution >= 0.6 is 11.3 Å². The highest BCUT2D eigenvalue weighted by Gasteiger charge is 2.20. The fraction of sp³-hybridized carbons (Fsp3) is 0.231. The molecule has 0 saturated carbocycles. The van der Waals surface area contributed by atoms with Crippen molar-refractivity contribution in [2.24, 2.45) is 7.05 Å². The monoisotopic (exact) mass is 300 g/mol. The van der Waals surface area contributed by atoms with E-state index >= 15 is 0 Å². The molecule has 0 amide bonds. The van der Waals surface area contributed by atoms with Gasteiger partial charge >= 0.3 is 0 Å². The number of rotatable bonds is 2. The van der Waals surface area contributed by atoms with Crippen molar-refractivity contribution in [3.63, 3.8) is 0 Å². The van der Waals surface area contributed by atoms with Crippen molar-refractivity contribution in [3.05, 3.63) is 29.8 Å². The van der Waals surface area contributed by atoms with Gasteiger partial charge < -0.3 is 4.42 Å². The minimum absolute atomic E-state index is 0.608. The van der Waals surface area contributed by atoms with E-state index in [0.717, 1.165) is 26.9 Å². The molecule has 4 rings (SSSR count). The van der Waals surface area contributed by atoms with Gasteiger partial charge in [-0.25, -0.2) is 0 Å². The minimum Gasteiger partial charge on any atom is -0.461 e. The van der Waals surface area contributed by atoms with E-state index in [9.17, 15) is 0 Å². The zero-order chi connectivity index (χ0) is 14.6. The number of hydrogen-bond acceptors (Lipinski definition) is 6. The fourth-order valence-electron chi connectivity index (χ4n) is 2.36. The maximum absolute atomic E-state index is 5.38. The zero-order valence-corrected chi connectivity index (χ0v) is 12.5. The van der Waals surface area contributed by atoms with E-state index < -0.39 is 0 Å². The van der Waals surface area contributed by atoms with Crippen LogP contribution in [0.25, 0.3) is 27.1 Å². The molecule has 0 aromatic carbocycles. The number of fused-ring (bicyclic) bond motifs is 1. The Morgan fingerprint density at radius 3 is 2.71 bits per heavy atom. The van der Waals surface area contributed by atoms with Gasteiger partial charge in [-0.05, 0) is 26.0 Å². The third-order valence-corrected chi connectivity index (χ3v) is 4.37. The Balaban J connectivity index is 1.92. The summed E-state index contributed by atoms with van der Waals surface area (Å²) in [5.74, 6) is 1.26. The zero-order valence-electron chi connectivity index (χ0n) is 11.7. The summed E-state index contributed by atoms with van der Waals surface area (Å²) in [5.41, 5.74) is 3.09. The second-order valence-corrected chi connectivity index (χ2v) is 5.73. The third-order valence-electron chi connectivity index (χ3n) is 3.46. The molecule has 4 aromatic heterocycles. The lowest BCUT2D eigenvalue weighted by atomic mass is 10.2. The summed E-state index contributed by atoms with van der Waals surface area (Å²) in [6, 6.07) is 3.66. The molecule has 0 saturated heterocycles. The van der Waals surface area contributed by atoms with Crippen molar-refractivity contribution in [2.75, 3.05) is 0 Å². The second kappa shape index (κ2) is 4.26. The van der Waals surface area contributed by atoms with Crippen molar-refractivity contribution in [3.8, 4) is 22.2 Å². The van der Waals surface area contributed by atoms with Crippen LogP contribution in [-0.4, -0.2) is 29.6 Å². The fourth-order valence-corrected chi connectivity index (χ4v) is 3.35. The average Bonchev–Trinajstić information content (AvgIpc) is 3.15. The Morgan fingerprint density at radius 1 is 1.19 bits per heavy atom. The molecule has 106 valence electrons. The molecule has 8 heteroatoms. The predicted molar refractivity (Wildman–Crippen MR) is 78.0 cm³/mol. The van der Waals surface area contributed by atoms with Gasteiger partial charge in [0.2, 0.25) is 10.8 Å². The van der Waals surface area contributed by atoms with Crippen LogP contribution in [-0.2, 0) is 7.05 Å². The first-order chi connectivity index (χ1) is 10.1. The summed E-state index contributed by atoms with van der Waals surface area (Å²) in [6.45, 7) is 4.02. The van der Waals surface area contributed by atoms with Crippen molar-refractivity contribution < 1.29 is 4.42 Å². The van der Waals surface area contributed by atoms with Gasteiger partial charge in [0.1, 0.15) is 0 Å². The van der Waals surface area contributed by atoms with Crippen LogP contribution in [0.4, 0.5) is 0 Å². The van der Waals surface area contributed by atoms with E-state index in [4.69, 9.17) is 4.42 Å². The molecule has 21 heavy (non-hydrogen) atoms. The number of aromatic nitrogens is 6. The van der Waals surface area contributed by atoms with E-state index in [2.05, 4.69) is 20.4 Å². The van der Waals surface area contributed by atoms with Crippen molar-refractivity contribution in [1.29, 1.82) is 0 Å². The van der Waals surface area contributed by atoms with E-state index in [-0.39, 0.29) is 0 Å². The van der Waals surface area contributed by atoms with E-state index in [1.165, 1.54) is 11.3 Å². The van der Waals surface area contributed by atoms with Gasteiger partial charge in [0.25, 0.3) is 0 Å². The predicted octanol–water partition coefficient (Wildman–Crippen LogP) is 2.46. The summed E-state index contributed by atoms with van der Waals surface area (Å²) in [7, 11) is 1.93. The molecule has 7 nitrogen and oxygen atoms in total. The standard InChI is InChI=1S/C13H12N6OS/c1-7-10(8(2)18(3)16-7)12-17-19-11(9-5-4-6-20-9)14-15-13(19)21-12/h4-6H,1-3H3. The van der Waals surface area contributed by atoms with Crippen molar-refractivity contribution in [1.82, 2.24) is 29.6 Å². The number of furan rings is 1. The Bertz CT molecular complexity index is 930. The smallest absolute Gasteiger partial charge is 0.235 e. The summed E-state index contributed by atoms with van der Waals surface area (Å²) in [6.07, 6.45) is 1.61. The molecule has 0 aliphatic carbocycles. The molecule has 0 aliphatic heterocycles. The van der Waals surface area contributed by atoms with Crippen LogP contribution < -0.4 is 0 Å². The number of nitrogens with zero attached hydrogens (tertiary/aromatic N) is 6. The molecule has 0 spiro atoms. The minimum atomic E-state index is 0.608. The first-order valence-corrected chi connectivity index (χ1v) is 7.23. The lowest BCUT2D eigenvalue weighted by Gasteiger charge is -1.96. The van der Waals surface area contributed by atoms with Crippen LogP contribution in [0.3, 0.4) is 0 Å². The Morgan fingerprint density at radius 2 is 2.05 bits per heavy atom. The van der Waals surface area contributed by atoms with Crippen molar-refractivity contribution >= 4 is 16.3 Å². The first kappa shape index (κ1) is 12.3. The van der Waals surface area contributed by atoms with E-state index in [0.29, 0.717) is 11.6 Å². The molecule has 0 N–H and O–H groups in total. The second-order valence-electron chi connectivity index (χ2n) is 4.77. The highest BCUT2D eigenvalue weighted by atomic mass is 32.1. The normalized spacial score (nSPS) is 11.6. The molecular weight excluding hydrogens is 288 g/mol. The molecule has 0 aliphatic rings. The largest absolute Gasteiger partial charge is 0.461 e. The quantitative estimate of drug-likeness (QED) is 0.568. The van der Waals surface area contributed by atoms with Gasteiger partial charge in [-0.1, -0.05) is 11.3 Å². The molecule has 0 radical (unpaired) electrons. The molecule has 0 atom stereocenters. The lowest BCUT2D eigenvalue weighted by molar-refractivity contribution is 0.575. The average molecular weight is 300 g/mol. The Labute approximate surface area is 123 Å². The highest BCUT2D eigenvalue weighted by Crippen LogP contribution is 2.31. The van der Waals surface area contributed by atoms with Crippen LogP contribution in [0.1, 0.15) is 11.4 Å². The van der Waals surface area contributed by atoms with Gasteiger partial charge in [0.15, 0.2) is 10.8 Å². The molecule has 4 aromatic rings.